The van der Waals surface area contributed by atoms with Gasteiger partial charge in [-0.15, -0.1) is 11.3 Å². The van der Waals surface area contributed by atoms with Gasteiger partial charge in [0.15, 0.2) is 0 Å². The molecule has 0 bridgehead atoms. The second kappa shape index (κ2) is 7.76. The Bertz CT molecular complexity index is 1480. The monoisotopic (exact) mass is 447 g/mol. The van der Waals surface area contributed by atoms with Crippen LogP contribution >= 0.6 is 11.3 Å². The molecule has 3 aromatic heterocycles. The normalized spacial score (nSPS) is 13.2. The van der Waals surface area contributed by atoms with Gasteiger partial charge < -0.3 is 10.2 Å². The maximum Gasteiger partial charge on any atom is 0.332 e. The Morgan fingerprint density at radius 3 is 2.72 bits per heavy atom. The maximum absolute atomic E-state index is 13.0. The first-order valence-corrected chi connectivity index (χ1v) is 11.1. The number of hydrogen-bond donors (Lipinski definition) is 1. The molecule has 4 aromatic rings. The van der Waals surface area contributed by atoms with Crippen molar-refractivity contribution in [3.05, 3.63) is 84.8 Å². The molecule has 0 unspecified atom stereocenters. The molecule has 1 aliphatic rings. The van der Waals surface area contributed by atoms with E-state index in [0.717, 1.165) is 29.8 Å². The van der Waals surface area contributed by atoms with Gasteiger partial charge in [-0.25, -0.2) is 9.78 Å². The fourth-order valence-electron chi connectivity index (χ4n) is 4.08. The van der Waals surface area contributed by atoms with Crippen molar-refractivity contribution in [2.75, 3.05) is 16.8 Å². The van der Waals surface area contributed by atoms with E-state index >= 15 is 0 Å². The number of rotatable bonds is 3. The number of nitrogens with zero attached hydrogens (tertiary/aromatic N) is 4. The number of anilines is 2. The molecule has 162 valence electrons. The second-order valence-corrected chi connectivity index (χ2v) is 8.79. The number of nitrogens with one attached hydrogen (secondary N) is 1. The van der Waals surface area contributed by atoms with Gasteiger partial charge in [-0.2, -0.15) is 0 Å². The quantitative estimate of drug-likeness (QED) is 0.521. The Morgan fingerprint density at radius 1 is 1.06 bits per heavy atom. The van der Waals surface area contributed by atoms with E-state index in [9.17, 15) is 14.4 Å². The summed E-state index contributed by atoms with van der Waals surface area (Å²) in [5, 5.41) is 5.36. The second-order valence-electron chi connectivity index (χ2n) is 7.79. The van der Waals surface area contributed by atoms with Crippen molar-refractivity contribution in [3.63, 3.8) is 0 Å². The van der Waals surface area contributed by atoms with Crippen molar-refractivity contribution in [1.82, 2.24) is 14.1 Å². The summed E-state index contributed by atoms with van der Waals surface area (Å²) < 4.78 is 2.30. The van der Waals surface area contributed by atoms with Crippen LogP contribution in [0.3, 0.4) is 0 Å². The molecule has 32 heavy (non-hydrogen) atoms. The van der Waals surface area contributed by atoms with Crippen LogP contribution in [0.1, 0.15) is 20.9 Å². The van der Waals surface area contributed by atoms with Crippen molar-refractivity contribution < 1.29 is 4.79 Å². The Labute approximate surface area is 187 Å². The third kappa shape index (κ3) is 3.31. The lowest BCUT2D eigenvalue weighted by atomic mass is 10.1. The van der Waals surface area contributed by atoms with Crippen molar-refractivity contribution in [2.24, 2.45) is 14.1 Å². The fourth-order valence-corrected chi connectivity index (χ4v) is 4.97. The summed E-state index contributed by atoms with van der Waals surface area (Å²) in [6.45, 7) is 1.67. The van der Waals surface area contributed by atoms with E-state index in [-0.39, 0.29) is 16.7 Å². The van der Waals surface area contributed by atoms with Gasteiger partial charge >= 0.3 is 5.69 Å². The number of pyridine rings is 1. The number of hydrogen-bond acceptors (Lipinski definition) is 6. The molecule has 1 N–H and O–H groups in total. The molecule has 1 aromatic carbocycles. The van der Waals surface area contributed by atoms with Gasteiger partial charge in [-0.05, 0) is 47.7 Å². The van der Waals surface area contributed by atoms with Crippen molar-refractivity contribution >= 4 is 39.7 Å². The van der Waals surface area contributed by atoms with Gasteiger partial charge in [0.05, 0.1) is 16.8 Å². The summed E-state index contributed by atoms with van der Waals surface area (Å²) in [5.41, 5.74) is 2.34. The maximum atomic E-state index is 13.0. The molecule has 4 heterocycles. The molecular weight excluding hydrogens is 426 g/mol. The number of benzene rings is 1. The van der Waals surface area contributed by atoms with E-state index in [2.05, 4.69) is 26.6 Å². The number of carbonyl (C=O) groups is 1. The molecule has 1 amide bonds. The van der Waals surface area contributed by atoms with Crippen LogP contribution in [-0.4, -0.2) is 26.6 Å². The molecule has 0 fully saturated rings. The smallest absolute Gasteiger partial charge is 0.332 e. The predicted molar refractivity (Wildman–Crippen MR) is 126 cm³/mol. The van der Waals surface area contributed by atoms with Gasteiger partial charge in [0.1, 0.15) is 11.3 Å². The Kier molecular flexibility index (Phi) is 4.90. The molecule has 0 radical (unpaired) electrons. The van der Waals surface area contributed by atoms with E-state index in [1.165, 1.54) is 41.2 Å². The largest absolute Gasteiger partial charge is 0.365 e. The van der Waals surface area contributed by atoms with Crippen molar-refractivity contribution in [1.29, 1.82) is 0 Å². The summed E-state index contributed by atoms with van der Waals surface area (Å²) in [7, 11) is 2.95. The highest BCUT2D eigenvalue weighted by Gasteiger charge is 2.21. The predicted octanol–water partition coefficient (Wildman–Crippen LogP) is 2.51. The van der Waals surface area contributed by atoms with Gasteiger partial charge in [-0.3, -0.25) is 18.7 Å². The molecule has 9 heteroatoms. The van der Waals surface area contributed by atoms with E-state index in [1.54, 1.807) is 11.3 Å². The van der Waals surface area contributed by atoms with Crippen LogP contribution in [-0.2, 0) is 27.1 Å². The summed E-state index contributed by atoms with van der Waals surface area (Å²) >= 11 is 1.79. The lowest BCUT2D eigenvalue weighted by Gasteiger charge is -2.30. The van der Waals surface area contributed by atoms with E-state index in [1.807, 2.05) is 24.3 Å². The zero-order chi connectivity index (χ0) is 22.4. The lowest BCUT2D eigenvalue weighted by Crippen LogP contribution is -2.37. The highest BCUT2D eigenvalue weighted by Crippen LogP contribution is 2.32. The minimum Gasteiger partial charge on any atom is -0.365 e. The Morgan fingerprint density at radius 2 is 1.88 bits per heavy atom. The van der Waals surface area contributed by atoms with Gasteiger partial charge in [0.25, 0.3) is 11.5 Å². The highest BCUT2D eigenvalue weighted by atomic mass is 32.1. The number of carbonyl (C=O) groups excluding carboxylic acids is 1. The van der Waals surface area contributed by atoms with E-state index in [0.29, 0.717) is 5.69 Å². The summed E-state index contributed by atoms with van der Waals surface area (Å²) in [6, 6.07) is 12.9. The van der Waals surface area contributed by atoms with E-state index in [4.69, 9.17) is 0 Å². The number of thiophene rings is 1. The SMILES string of the molecule is Cn1c(=O)c2ccc(C(=O)Nc3ccccc3N3CCc4sccc4C3)nc2n(C)c1=O. The Hall–Kier alpha value is -3.72. The first-order chi connectivity index (χ1) is 15.4. The number of fused-ring (bicyclic) bond motifs is 2. The van der Waals surface area contributed by atoms with Gasteiger partial charge in [0.2, 0.25) is 0 Å². The average Bonchev–Trinajstić information content (AvgIpc) is 3.29. The molecule has 8 nitrogen and oxygen atoms in total. The third-order valence-electron chi connectivity index (χ3n) is 5.83. The first-order valence-electron chi connectivity index (χ1n) is 10.2. The first kappa shape index (κ1) is 20.2. The zero-order valence-corrected chi connectivity index (χ0v) is 18.5. The van der Waals surface area contributed by atoms with Crippen LogP contribution in [0.4, 0.5) is 11.4 Å². The minimum absolute atomic E-state index is 0.134. The average molecular weight is 448 g/mol. The molecule has 1 aliphatic heterocycles. The van der Waals surface area contributed by atoms with Gasteiger partial charge in [-0.1, -0.05) is 12.1 Å². The summed E-state index contributed by atoms with van der Waals surface area (Å²) in [5.74, 6) is -0.402. The topological polar surface area (TPSA) is 89.2 Å². The minimum atomic E-state index is -0.490. The lowest BCUT2D eigenvalue weighted by molar-refractivity contribution is 0.102. The van der Waals surface area contributed by atoms with Crippen molar-refractivity contribution in [3.8, 4) is 0 Å². The van der Waals surface area contributed by atoms with Crippen LogP contribution in [0.15, 0.2) is 57.4 Å². The molecule has 0 spiro atoms. The number of amides is 1. The van der Waals surface area contributed by atoms with Crippen LogP contribution < -0.4 is 21.5 Å². The Balaban J connectivity index is 1.47. The van der Waals surface area contributed by atoms with Crippen molar-refractivity contribution in [2.45, 2.75) is 13.0 Å². The molecule has 0 atom stereocenters. The van der Waals surface area contributed by atoms with E-state index < -0.39 is 17.2 Å². The highest BCUT2D eigenvalue weighted by molar-refractivity contribution is 7.10. The molecule has 0 aliphatic carbocycles. The molecule has 0 saturated carbocycles. The van der Waals surface area contributed by atoms with Crippen LogP contribution in [0.25, 0.3) is 11.0 Å². The zero-order valence-electron chi connectivity index (χ0n) is 17.7. The molecule has 5 rings (SSSR count). The fraction of sp³-hybridized carbons (Fsp3) is 0.217. The van der Waals surface area contributed by atoms with Crippen LogP contribution in [0.5, 0.6) is 0 Å². The molecule has 0 saturated heterocycles. The number of aromatic nitrogens is 3. The van der Waals surface area contributed by atoms with Crippen LogP contribution in [0.2, 0.25) is 0 Å². The summed E-state index contributed by atoms with van der Waals surface area (Å²) in [4.78, 5) is 45.6. The summed E-state index contributed by atoms with van der Waals surface area (Å²) in [6.07, 6.45) is 0.977. The van der Waals surface area contributed by atoms with Crippen LogP contribution in [0, 0.1) is 0 Å². The van der Waals surface area contributed by atoms with Gasteiger partial charge in [0, 0.05) is 32.1 Å². The number of para-hydroxylation sites is 2. The standard InChI is InChI=1S/C23H21N5O3S/c1-26-20-15(22(30)27(2)23(26)31)7-8-17(24-20)21(29)25-16-5-3-4-6-18(16)28-11-9-19-14(13-28)10-12-32-19/h3-8,10,12H,9,11,13H2,1-2H3,(H,25,29). The number of aryl methyl sites for hydroxylation is 1. The molecular formula is C23H21N5O3S. The third-order valence-corrected chi connectivity index (χ3v) is 6.86.